The zero-order valence-electron chi connectivity index (χ0n) is 29.4. The predicted octanol–water partition coefficient (Wildman–Crippen LogP) is 5.34. The van der Waals surface area contributed by atoms with Crippen LogP contribution >= 0.6 is 11.6 Å². The van der Waals surface area contributed by atoms with Gasteiger partial charge in [-0.25, -0.2) is 18.8 Å². The molecular weight excluding hydrogens is 683 g/mol. The number of ether oxygens (including phenoxy) is 2. The van der Waals surface area contributed by atoms with Gasteiger partial charge in [0.05, 0.1) is 17.7 Å². The summed E-state index contributed by atoms with van der Waals surface area (Å²) in [6.45, 7) is 7.85. The van der Waals surface area contributed by atoms with Crippen LogP contribution in [-0.4, -0.2) is 75.4 Å². The van der Waals surface area contributed by atoms with Crippen LogP contribution in [0, 0.1) is 5.82 Å². The van der Waals surface area contributed by atoms with Gasteiger partial charge in [-0.1, -0.05) is 30.7 Å². The smallest absolute Gasteiger partial charge is 0.405 e. The number of carbonyl (C=O) groups is 3. The second kappa shape index (κ2) is 15.2. The van der Waals surface area contributed by atoms with Gasteiger partial charge in [-0.2, -0.15) is 0 Å². The molecule has 0 bridgehead atoms. The number of fused-ring (bicyclic) bond motifs is 1. The number of anilines is 1. The first kappa shape index (κ1) is 37.4. The highest BCUT2D eigenvalue weighted by Gasteiger charge is 2.34. The van der Waals surface area contributed by atoms with Crippen LogP contribution in [0.3, 0.4) is 0 Å². The fourth-order valence-electron chi connectivity index (χ4n) is 6.87. The standard InChI is InChI=1S/C36H44ClFN6O7/c1-21-18-43(34(48)40-29-10-9-24(50-5)17-26(21)29)23-12-15-41(16-13-23)30(45)20-42-19-27(25-7-6-8-28(38)31(25)37)32(46)44(35(42)49)22(2)11-14-36(3,4)51-33(39)47/h6-10,17,19,21-23H,11-16,18,20H2,1-5H3,(H2,39,47)(H,40,48). The third-order valence-electron chi connectivity index (χ3n) is 9.74. The monoisotopic (exact) mass is 726 g/mol. The number of carbonyl (C=O) groups excluding carboxylic acids is 3. The molecule has 3 heterocycles. The summed E-state index contributed by atoms with van der Waals surface area (Å²) in [5.41, 5.74) is 4.54. The van der Waals surface area contributed by atoms with Gasteiger partial charge in [0.1, 0.15) is 23.7 Å². The van der Waals surface area contributed by atoms with Crippen LogP contribution in [0.2, 0.25) is 5.02 Å². The van der Waals surface area contributed by atoms with E-state index in [1.54, 1.807) is 32.8 Å². The number of urea groups is 1. The number of methoxy groups -OCH3 is 1. The molecule has 1 fully saturated rings. The van der Waals surface area contributed by atoms with Gasteiger partial charge in [0.2, 0.25) is 5.91 Å². The first-order valence-corrected chi connectivity index (χ1v) is 17.3. The maximum absolute atomic E-state index is 14.5. The Balaban J connectivity index is 1.35. The molecule has 51 heavy (non-hydrogen) atoms. The van der Waals surface area contributed by atoms with Crippen molar-refractivity contribution < 1.29 is 28.2 Å². The minimum absolute atomic E-state index is 0.0428. The Morgan fingerprint density at radius 3 is 2.49 bits per heavy atom. The third kappa shape index (κ3) is 8.22. The number of nitrogens with one attached hydrogen (secondary N) is 1. The Hall–Kier alpha value is -4.85. The zero-order chi connectivity index (χ0) is 37.2. The van der Waals surface area contributed by atoms with Gasteiger partial charge < -0.3 is 30.3 Å². The van der Waals surface area contributed by atoms with E-state index >= 15 is 0 Å². The van der Waals surface area contributed by atoms with Crippen molar-refractivity contribution >= 4 is 35.3 Å². The highest BCUT2D eigenvalue weighted by atomic mass is 35.5. The summed E-state index contributed by atoms with van der Waals surface area (Å²) >= 11 is 6.28. The van der Waals surface area contributed by atoms with Crippen LogP contribution in [0.15, 0.2) is 52.2 Å². The zero-order valence-corrected chi connectivity index (χ0v) is 30.2. The van der Waals surface area contributed by atoms with Crippen LogP contribution in [0.5, 0.6) is 5.75 Å². The lowest BCUT2D eigenvalue weighted by atomic mass is 9.97. The number of hydrogen-bond acceptors (Lipinski definition) is 7. The normalized spacial score (nSPS) is 17.3. The second-order valence-electron chi connectivity index (χ2n) is 13.8. The lowest BCUT2D eigenvalue weighted by molar-refractivity contribution is -0.133. The molecule has 0 saturated carbocycles. The SMILES string of the molecule is COc1ccc2c(c1)C(C)CN(C1CCN(C(=O)Cn3cc(-c4cccc(F)c4Cl)c(=O)n(C(C)CCC(C)(C)OC(N)=O)c3=O)CC1)C(=O)N2. The van der Waals surface area contributed by atoms with E-state index in [1.807, 2.05) is 23.1 Å². The topological polar surface area (TPSA) is 158 Å². The molecule has 0 aliphatic carbocycles. The van der Waals surface area contributed by atoms with E-state index in [9.17, 15) is 28.4 Å². The van der Waals surface area contributed by atoms with Crippen LogP contribution in [0.1, 0.15) is 70.9 Å². The fourth-order valence-corrected chi connectivity index (χ4v) is 7.10. The molecule has 2 aliphatic rings. The van der Waals surface area contributed by atoms with Crippen molar-refractivity contribution in [2.45, 2.75) is 83.5 Å². The summed E-state index contributed by atoms with van der Waals surface area (Å²) in [4.78, 5) is 69.5. The van der Waals surface area contributed by atoms with Crippen LogP contribution < -0.4 is 27.0 Å². The molecule has 3 N–H and O–H groups in total. The van der Waals surface area contributed by atoms with Crippen molar-refractivity contribution in [1.82, 2.24) is 18.9 Å². The number of nitrogens with two attached hydrogens (primary N) is 1. The molecule has 2 unspecified atom stereocenters. The third-order valence-corrected chi connectivity index (χ3v) is 10.1. The van der Waals surface area contributed by atoms with Crippen molar-refractivity contribution in [1.29, 1.82) is 0 Å². The Morgan fingerprint density at radius 1 is 1.12 bits per heavy atom. The summed E-state index contributed by atoms with van der Waals surface area (Å²) in [7, 11) is 1.60. The highest BCUT2D eigenvalue weighted by molar-refractivity contribution is 6.33. The number of likely N-dealkylation sites (tertiary alicyclic amines) is 1. The highest BCUT2D eigenvalue weighted by Crippen LogP contribution is 2.34. The summed E-state index contributed by atoms with van der Waals surface area (Å²) < 4.78 is 27.2. The van der Waals surface area contributed by atoms with E-state index in [4.69, 9.17) is 26.8 Å². The molecule has 274 valence electrons. The quantitative estimate of drug-likeness (QED) is 0.286. The number of hydrogen-bond donors (Lipinski definition) is 2. The van der Waals surface area contributed by atoms with E-state index in [2.05, 4.69) is 12.2 Å². The predicted molar refractivity (Wildman–Crippen MR) is 191 cm³/mol. The molecule has 4 amide bonds. The number of halogens is 2. The first-order chi connectivity index (χ1) is 24.1. The molecule has 2 atom stereocenters. The maximum atomic E-state index is 14.5. The van der Waals surface area contributed by atoms with Crippen molar-refractivity contribution in [2.24, 2.45) is 5.73 Å². The molecule has 2 aliphatic heterocycles. The van der Waals surface area contributed by atoms with Crippen LogP contribution in [-0.2, 0) is 16.1 Å². The summed E-state index contributed by atoms with van der Waals surface area (Å²) in [5, 5.41) is 2.73. The number of benzene rings is 2. The minimum atomic E-state index is -0.974. The second-order valence-corrected chi connectivity index (χ2v) is 14.2. The molecule has 0 radical (unpaired) electrons. The van der Waals surface area contributed by atoms with E-state index in [-0.39, 0.29) is 59.4 Å². The lowest BCUT2D eigenvalue weighted by Crippen LogP contribution is -2.51. The van der Waals surface area contributed by atoms with E-state index in [0.29, 0.717) is 38.2 Å². The van der Waals surface area contributed by atoms with Crippen molar-refractivity contribution in [3.8, 4) is 16.9 Å². The van der Waals surface area contributed by atoms with Gasteiger partial charge in [-0.3, -0.25) is 18.7 Å². The number of nitrogens with zero attached hydrogens (tertiary/aromatic N) is 4. The molecule has 15 heteroatoms. The first-order valence-electron chi connectivity index (χ1n) is 16.9. The Morgan fingerprint density at radius 2 is 1.82 bits per heavy atom. The molecule has 1 saturated heterocycles. The van der Waals surface area contributed by atoms with Crippen LogP contribution in [0.25, 0.3) is 11.1 Å². The molecule has 0 spiro atoms. The fraction of sp³-hybridized carbons (Fsp3) is 0.472. The minimum Gasteiger partial charge on any atom is -0.497 e. The number of aromatic nitrogens is 2. The van der Waals surface area contributed by atoms with Crippen molar-refractivity contribution in [2.75, 3.05) is 32.1 Å². The van der Waals surface area contributed by atoms with Gasteiger partial charge in [0.25, 0.3) is 5.56 Å². The number of piperidine rings is 1. The molecular formula is C36H44ClFN6O7. The molecule has 1 aromatic heterocycles. The maximum Gasteiger partial charge on any atom is 0.405 e. The Kier molecular flexibility index (Phi) is 11.1. The summed E-state index contributed by atoms with van der Waals surface area (Å²) in [6.07, 6.45) is 1.85. The van der Waals surface area contributed by atoms with Crippen LogP contribution in [0.4, 0.5) is 19.7 Å². The molecule has 3 aromatic rings. The van der Waals surface area contributed by atoms with Gasteiger partial charge >= 0.3 is 17.8 Å². The average Bonchev–Trinajstić information content (AvgIpc) is 3.20. The molecule has 13 nitrogen and oxygen atoms in total. The lowest BCUT2D eigenvalue weighted by Gasteiger charge is -2.38. The Labute approximate surface area is 300 Å². The van der Waals surface area contributed by atoms with Gasteiger partial charge in [-0.05, 0) is 76.3 Å². The number of primary amides is 1. The molecule has 5 rings (SSSR count). The largest absolute Gasteiger partial charge is 0.497 e. The molecule has 2 aromatic carbocycles. The van der Waals surface area contributed by atoms with Crippen molar-refractivity contribution in [3.63, 3.8) is 0 Å². The van der Waals surface area contributed by atoms with Crippen molar-refractivity contribution in [3.05, 3.63) is 79.8 Å². The van der Waals surface area contributed by atoms with E-state index in [1.165, 1.54) is 18.3 Å². The average molecular weight is 727 g/mol. The summed E-state index contributed by atoms with van der Waals surface area (Å²) in [5.74, 6) is -0.342. The summed E-state index contributed by atoms with van der Waals surface area (Å²) in [6, 6.07) is 8.59. The number of rotatable bonds is 10. The van der Waals surface area contributed by atoms with Gasteiger partial charge in [-0.15, -0.1) is 0 Å². The van der Waals surface area contributed by atoms with E-state index in [0.717, 1.165) is 26.5 Å². The Bertz CT molecular complexity index is 1940. The van der Waals surface area contributed by atoms with E-state index < -0.39 is 34.8 Å². The number of amides is 4. The van der Waals surface area contributed by atoms with Gasteiger partial charge in [0.15, 0.2) is 0 Å². The van der Waals surface area contributed by atoms with Gasteiger partial charge in [0, 0.05) is 55.1 Å².